The maximum absolute atomic E-state index is 9.34. The average Bonchev–Trinajstić information content (AvgIpc) is 2.53. The zero-order chi connectivity index (χ0) is 13.8. The van der Waals surface area contributed by atoms with Crippen LogP contribution in [-0.4, -0.2) is 0 Å². The van der Waals surface area contributed by atoms with Crippen LogP contribution in [0.4, 0.5) is 0 Å². The number of nitriles is 1. The maximum Gasteiger partial charge on any atom is 0.209 e. The SMILES string of the molecule is N#CC(Oc1ccccc1)c1ccc2ccccc2c1. The number of hydrogen-bond acceptors (Lipinski definition) is 2. The standard InChI is InChI=1S/C18H13NO/c19-13-18(20-17-8-2-1-3-9-17)16-11-10-14-6-4-5-7-15(14)12-16/h1-12,18H. The van der Waals surface area contributed by atoms with E-state index in [0.717, 1.165) is 16.3 Å². The fourth-order valence-corrected chi connectivity index (χ4v) is 2.17. The lowest BCUT2D eigenvalue weighted by atomic mass is 10.0. The first kappa shape index (κ1) is 12.3. The van der Waals surface area contributed by atoms with Crippen LogP contribution in [-0.2, 0) is 0 Å². The molecule has 3 aromatic carbocycles. The summed E-state index contributed by atoms with van der Waals surface area (Å²) in [6.45, 7) is 0. The molecule has 0 spiro atoms. The summed E-state index contributed by atoms with van der Waals surface area (Å²) in [5.41, 5.74) is 0.870. The van der Waals surface area contributed by atoms with Gasteiger partial charge in [-0.3, -0.25) is 0 Å². The van der Waals surface area contributed by atoms with Crippen molar-refractivity contribution in [3.05, 3.63) is 78.4 Å². The number of rotatable bonds is 3. The van der Waals surface area contributed by atoms with Gasteiger partial charge >= 0.3 is 0 Å². The molecule has 0 fully saturated rings. The third-order valence-corrected chi connectivity index (χ3v) is 3.19. The molecule has 0 radical (unpaired) electrons. The van der Waals surface area contributed by atoms with E-state index in [1.165, 1.54) is 0 Å². The second kappa shape index (κ2) is 5.46. The van der Waals surface area contributed by atoms with Crippen molar-refractivity contribution in [2.24, 2.45) is 0 Å². The van der Waals surface area contributed by atoms with E-state index in [1.54, 1.807) is 0 Å². The summed E-state index contributed by atoms with van der Waals surface area (Å²) in [4.78, 5) is 0. The highest BCUT2D eigenvalue weighted by atomic mass is 16.5. The molecule has 0 aromatic heterocycles. The normalized spacial score (nSPS) is 11.8. The molecule has 2 heteroatoms. The average molecular weight is 259 g/mol. The summed E-state index contributed by atoms with van der Waals surface area (Å²) in [7, 11) is 0. The molecule has 0 heterocycles. The molecule has 1 unspecified atom stereocenters. The Morgan fingerprint density at radius 1 is 0.800 bits per heavy atom. The van der Waals surface area contributed by atoms with Crippen molar-refractivity contribution in [2.75, 3.05) is 0 Å². The van der Waals surface area contributed by atoms with Crippen LogP contribution in [0.25, 0.3) is 10.8 Å². The maximum atomic E-state index is 9.34. The second-order valence-corrected chi connectivity index (χ2v) is 4.55. The van der Waals surface area contributed by atoms with Crippen LogP contribution in [0.5, 0.6) is 5.75 Å². The molecule has 1 atom stereocenters. The predicted molar refractivity (Wildman–Crippen MR) is 79.4 cm³/mol. The fourth-order valence-electron chi connectivity index (χ4n) is 2.17. The molecule has 0 aliphatic rings. The van der Waals surface area contributed by atoms with Gasteiger partial charge in [-0.05, 0) is 29.0 Å². The van der Waals surface area contributed by atoms with Crippen molar-refractivity contribution in [2.45, 2.75) is 6.10 Å². The van der Waals surface area contributed by atoms with Gasteiger partial charge in [-0.15, -0.1) is 0 Å². The van der Waals surface area contributed by atoms with Crippen LogP contribution < -0.4 is 4.74 Å². The summed E-state index contributed by atoms with van der Waals surface area (Å²) in [5.74, 6) is 0.701. The third-order valence-electron chi connectivity index (χ3n) is 3.19. The number of nitrogens with zero attached hydrogens (tertiary/aromatic N) is 1. The van der Waals surface area contributed by atoms with Crippen LogP contribution in [0, 0.1) is 11.3 Å². The largest absolute Gasteiger partial charge is 0.471 e. The smallest absolute Gasteiger partial charge is 0.209 e. The molecule has 96 valence electrons. The minimum atomic E-state index is -0.595. The molecule has 0 saturated carbocycles. The fraction of sp³-hybridized carbons (Fsp3) is 0.0556. The first-order valence-electron chi connectivity index (χ1n) is 6.47. The van der Waals surface area contributed by atoms with Gasteiger partial charge < -0.3 is 4.74 Å². The summed E-state index contributed by atoms with van der Waals surface area (Å²) in [6.07, 6.45) is -0.595. The molecule has 0 bridgehead atoms. The van der Waals surface area contributed by atoms with E-state index in [-0.39, 0.29) is 0 Å². The third kappa shape index (κ3) is 2.48. The van der Waals surface area contributed by atoms with E-state index in [9.17, 15) is 5.26 Å². The van der Waals surface area contributed by atoms with Gasteiger partial charge in [0.05, 0.1) is 0 Å². The first-order valence-corrected chi connectivity index (χ1v) is 6.47. The van der Waals surface area contributed by atoms with Gasteiger partial charge in [-0.25, -0.2) is 0 Å². The van der Waals surface area contributed by atoms with Crippen LogP contribution in [0.2, 0.25) is 0 Å². The summed E-state index contributed by atoms with van der Waals surface area (Å²) >= 11 is 0. The molecule has 2 nitrogen and oxygen atoms in total. The van der Waals surface area contributed by atoms with Crippen LogP contribution in [0.3, 0.4) is 0 Å². The molecule has 3 rings (SSSR count). The quantitative estimate of drug-likeness (QED) is 0.694. The van der Waals surface area contributed by atoms with E-state index in [0.29, 0.717) is 5.75 Å². The van der Waals surface area contributed by atoms with Crippen molar-refractivity contribution in [3.8, 4) is 11.8 Å². The Bertz CT molecular complexity index is 759. The minimum Gasteiger partial charge on any atom is -0.471 e. The summed E-state index contributed by atoms with van der Waals surface area (Å²) in [6, 6.07) is 25.7. The van der Waals surface area contributed by atoms with Crippen LogP contribution >= 0.6 is 0 Å². The molecule has 0 saturated heterocycles. The Kier molecular flexibility index (Phi) is 3.34. The van der Waals surface area contributed by atoms with Gasteiger partial charge in [0.1, 0.15) is 11.8 Å². The Morgan fingerprint density at radius 2 is 1.50 bits per heavy atom. The molecule has 0 N–H and O–H groups in total. The lowest BCUT2D eigenvalue weighted by Gasteiger charge is -2.13. The number of fused-ring (bicyclic) bond motifs is 1. The minimum absolute atomic E-state index is 0.595. The molecule has 0 aliphatic heterocycles. The first-order chi connectivity index (χ1) is 9.86. The second-order valence-electron chi connectivity index (χ2n) is 4.55. The number of para-hydroxylation sites is 1. The molecular weight excluding hydrogens is 246 g/mol. The van der Waals surface area contributed by atoms with Crippen molar-refractivity contribution < 1.29 is 4.74 Å². The molecule has 20 heavy (non-hydrogen) atoms. The molecule has 3 aromatic rings. The molecule has 0 aliphatic carbocycles. The number of ether oxygens (including phenoxy) is 1. The van der Waals surface area contributed by atoms with Crippen molar-refractivity contribution in [3.63, 3.8) is 0 Å². The number of benzene rings is 3. The van der Waals surface area contributed by atoms with Crippen molar-refractivity contribution in [1.29, 1.82) is 5.26 Å². The van der Waals surface area contributed by atoms with E-state index in [4.69, 9.17) is 4.74 Å². The van der Waals surface area contributed by atoms with Crippen molar-refractivity contribution >= 4 is 10.8 Å². The zero-order valence-electron chi connectivity index (χ0n) is 10.9. The Labute approximate surface area is 117 Å². The van der Waals surface area contributed by atoms with Crippen LogP contribution in [0.15, 0.2) is 72.8 Å². The van der Waals surface area contributed by atoms with E-state index >= 15 is 0 Å². The van der Waals surface area contributed by atoms with E-state index < -0.39 is 6.10 Å². The molecular formula is C18H13NO. The lowest BCUT2D eigenvalue weighted by molar-refractivity contribution is 0.262. The Balaban J connectivity index is 1.93. The van der Waals surface area contributed by atoms with Crippen molar-refractivity contribution in [1.82, 2.24) is 0 Å². The summed E-state index contributed by atoms with van der Waals surface area (Å²) in [5, 5.41) is 11.6. The van der Waals surface area contributed by atoms with Gasteiger partial charge in [0, 0.05) is 5.56 Å². The van der Waals surface area contributed by atoms with E-state index in [2.05, 4.69) is 12.1 Å². The van der Waals surface area contributed by atoms with Crippen LogP contribution in [0.1, 0.15) is 11.7 Å². The summed E-state index contributed by atoms with van der Waals surface area (Å²) < 4.78 is 5.74. The van der Waals surface area contributed by atoms with Gasteiger partial charge in [0.25, 0.3) is 0 Å². The predicted octanol–water partition coefficient (Wildman–Crippen LogP) is 4.48. The van der Waals surface area contributed by atoms with Gasteiger partial charge in [-0.2, -0.15) is 5.26 Å². The number of hydrogen-bond donors (Lipinski definition) is 0. The van der Waals surface area contributed by atoms with Gasteiger partial charge in [0.2, 0.25) is 6.10 Å². The monoisotopic (exact) mass is 259 g/mol. The highest BCUT2D eigenvalue weighted by Crippen LogP contribution is 2.24. The van der Waals surface area contributed by atoms with Gasteiger partial charge in [-0.1, -0.05) is 54.6 Å². The van der Waals surface area contributed by atoms with Gasteiger partial charge in [0.15, 0.2) is 0 Å². The van der Waals surface area contributed by atoms with E-state index in [1.807, 2.05) is 66.7 Å². The highest BCUT2D eigenvalue weighted by molar-refractivity contribution is 5.83. The Hall–Kier alpha value is -2.79. The Morgan fingerprint density at radius 3 is 2.25 bits per heavy atom. The topological polar surface area (TPSA) is 33.0 Å². The molecule has 0 amide bonds. The zero-order valence-corrected chi connectivity index (χ0v) is 10.9. The lowest BCUT2D eigenvalue weighted by Crippen LogP contribution is -2.04. The highest BCUT2D eigenvalue weighted by Gasteiger charge is 2.12.